The molecule has 0 saturated carbocycles. The number of amides is 1. The van der Waals surface area contributed by atoms with Crippen LogP contribution in [0.3, 0.4) is 0 Å². The van der Waals surface area contributed by atoms with Gasteiger partial charge >= 0.3 is 0 Å². The molecule has 1 aliphatic rings. The third kappa shape index (κ3) is 0.980. The molecule has 0 spiro atoms. The number of nitrogens with one attached hydrogen (secondary N) is 1. The van der Waals surface area contributed by atoms with Crippen LogP contribution in [0.2, 0.25) is 0 Å². The number of hydrogen-bond donors (Lipinski definition) is 1. The molecule has 0 radical (unpaired) electrons. The standard InChI is InChI=1S/C5H8NO2/c1-2-5-6-4(7)3-8-5/h2-3H2,1H3,(H,6,7)/q-1. The Hall–Kier alpha value is -0.570. The van der Waals surface area contributed by atoms with Crippen molar-refractivity contribution in [2.24, 2.45) is 0 Å². The molecule has 1 rings (SSSR count). The van der Waals surface area contributed by atoms with Crippen LogP contribution in [0.1, 0.15) is 13.3 Å². The Morgan fingerprint density at radius 1 is 2.00 bits per heavy atom. The fourth-order valence-corrected chi connectivity index (χ4v) is 0.571. The summed E-state index contributed by atoms with van der Waals surface area (Å²) in [6.45, 7) is 2.13. The molecule has 1 heterocycles. The second-order valence-corrected chi connectivity index (χ2v) is 1.61. The van der Waals surface area contributed by atoms with Crippen LogP contribution in [0, 0.1) is 6.23 Å². The quantitative estimate of drug-likeness (QED) is 0.488. The Kier molecular flexibility index (Phi) is 1.48. The molecule has 0 aromatic carbocycles. The second kappa shape index (κ2) is 2.13. The third-order valence-corrected chi connectivity index (χ3v) is 0.977. The zero-order valence-electron chi connectivity index (χ0n) is 4.73. The van der Waals surface area contributed by atoms with Crippen molar-refractivity contribution in [3.05, 3.63) is 6.23 Å². The van der Waals surface area contributed by atoms with Crippen LogP contribution < -0.4 is 5.32 Å². The van der Waals surface area contributed by atoms with Crippen molar-refractivity contribution in [1.82, 2.24) is 5.32 Å². The summed E-state index contributed by atoms with van der Waals surface area (Å²) in [6, 6.07) is 0. The van der Waals surface area contributed by atoms with E-state index in [2.05, 4.69) is 5.32 Å². The molecule has 1 N–H and O–H groups in total. The molecule has 1 saturated heterocycles. The summed E-state index contributed by atoms with van der Waals surface area (Å²) in [5, 5.41) is 2.56. The molecule has 0 atom stereocenters. The highest BCUT2D eigenvalue weighted by Crippen LogP contribution is 2.07. The van der Waals surface area contributed by atoms with E-state index in [4.69, 9.17) is 4.74 Å². The maximum atomic E-state index is 10.4. The van der Waals surface area contributed by atoms with Gasteiger partial charge in [0.05, 0.1) is 6.61 Å². The SMILES string of the molecule is CC[C-]1NC(=O)CO1. The maximum absolute atomic E-state index is 10.4. The van der Waals surface area contributed by atoms with Crippen LogP contribution in [0.25, 0.3) is 0 Å². The van der Waals surface area contributed by atoms with Gasteiger partial charge in [-0.2, -0.15) is 0 Å². The summed E-state index contributed by atoms with van der Waals surface area (Å²) in [6.07, 6.45) is 1.46. The Balaban J connectivity index is 2.32. The van der Waals surface area contributed by atoms with Gasteiger partial charge < -0.3 is 10.1 Å². The smallest absolute Gasteiger partial charge is 0.216 e. The van der Waals surface area contributed by atoms with Crippen LogP contribution in [0.4, 0.5) is 0 Å². The first-order chi connectivity index (χ1) is 3.83. The summed E-state index contributed by atoms with van der Waals surface area (Å²) < 4.78 is 4.87. The summed E-state index contributed by atoms with van der Waals surface area (Å²) in [4.78, 5) is 10.4. The molecule has 0 bridgehead atoms. The van der Waals surface area contributed by atoms with Gasteiger partial charge in [-0.05, 0) is 0 Å². The van der Waals surface area contributed by atoms with E-state index in [1.165, 1.54) is 0 Å². The molecule has 1 amide bonds. The number of rotatable bonds is 1. The van der Waals surface area contributed by atoms with Crippen molar-refractivity contribution in [3.8, 4) is 0 Å². The van der Waals surface area contributed by atoms with Gasteiger partial charge in [-0.3, -0.25) is 4.79 Å². The molecule has 3 heteroatoms. The largest absolute Gasteiger partial charge is 0.522 e. The minimum atomic E-state index is -0.0400. The Morgan fingerprint density at radius 2 is 2.75 bits per heavy atom. The fraction of sp³-hybridized carbons (Fsp3) is 0.600. The summed E-state index contributed by atoms with van der Waals surface area (Å²) in [5.41, 5.74) is 0. The van der Waals surface area contributed by atoms with Crippen LogP contribution in [0.5, 0.6) is 0 Å². The van der Waals surface area contributed by atoms with Gasteiger partial charge in [-0.15, -0.1) is 12.6 Å². The number of carbonyl (C=O) groups is 1. The molecule has 0 aromatic heterocycles. The normalized spacial score (nSPS) is 21.4. The van der Waals surface area contributed by atoms with Crippen molar-refractivity contribution < 1.29 is 9.53 Å². The van der Waals surface area contributed by atoms with Crippen LogP contribution in [-0.4, -0.2) is 12.5 Å². The van der Waals surface area contributed by atoms with Gasteiger partial charge in [-0.1, -0.05) is 6.92 Å². The van der Waals surface area contributed by atoms with Crippen molar-refractivity contribution in [3.63, 3.8) is 0 Å². The first-order valence-electron chi connectivity index (χ1n) is 2.61. The molecule has 0 unspecified atom stereocenters. The first kappa shape index (κ1) is 5.56. The van der Waals surface area contributed by atoms with Crippen LogP contribution in [-0.2, 0) is 9.53 Å². The molecule has 8 heavy (non-hydrogen) atoms. The van der Waals surface area contributed by atoms with Gasteiger partial charge in [0.25, 0.3) is 0 Å². The lowest BCUT2D eigenvalue weighted by Crippen LogP contribution is -2.18. The fourth-order valence-electron chi connectivity index (χ4n) is 0.571. The lowest BCUT2D eigenvalue weighted by molar-refractivity contribution is -0.119. The zero-order chi connectivity index (χ0) is 5.98. The van der Waals surface area contributed by atoms with Crippen LogP contribution >= 0.6 is 0 Å². The molecule has 46 valence electrons. The minimum Gasteiger partial charge on any atom is -0.522 e. The molecular weight excluding hydrogens is 106 g/mol. The summed E-state index contributed by atoms with van der Waals surface area (Å²) in [5.74, 6) is -0.0400. The van der Waals surface area contributed by atoms with Gasteiger partial charge in [0, 0.05) is 0 Å². The van der Waals surface area contributed by atoms with Gasteiger partial charge in [-0.25, -0.2) is 0 Å². The van der Waals surface area contributed by atoms with Gasteiger partial charge in [0.15, 0.2) is 0 Å². The molecule has 3 nitrogen and oxygen atoms in total. The lowest BCUT2D eigenvalue weighted by atomic mass is 10.4. The van der Waals surface area contributed by atoms with E-state index in [9.17, 15) is 4.79 Å². The van der Waals surface area contributed by atoms with Crippen molar-refractivity contribution in [2.45, 2.75) is 13.3 Å². The molecular formula is C5H8NO2-. The van der Waals surface area contributed by atoms with Crippen LogP contribution in [0.15, 0.2) is 0 Å². The molecule has 1 fully saturated rings. The van der Waals surface area contributed by atoms with E-state index >= 15 is 0 Å². The monoisotopic (exact) mass is 114 g/mol. The van der Waals surface area contributed by atoms with Crippen molar-refractivity contribution >= 4 is 5.91 Å². The highest BCUT2D eigenvalue weighted by molar-refractivity contribution is 5.80. The molecule has 0 aliphatic carbocycles. The highest BCUT2D eigenvalue weighted by atomic mass is 16.5. The number of ether oxygens (including phenoxy) is 1. The van der Waals surface area contributed by atoms with E-state index in [1.807, 2.05) is 6.92 Å². The van der Waals surface area contributed by atoms with Crippen molar-refractivity contribution in [2.75, 3.05) is 6.61 Å². The maximum Gasteiger partial charge on any atom is 0.216 e. The molecule has 1 aliphatic heterocycles. The van der Waals surface area contributed by atoms with Gasteiger partial charge in [0.1, 0.15) is 0 Å². The highest BCUT2D eigenvalue weighted by Gasteiger charge is 2.06. The molecule has 0 aromatic rings. The zero-order valence-corrected chi connectivity index (χ0v) is 4.73. The average molecular weight is 114 g/mol. The van der Waals surface area contributed by atoms with E-state index < -0.39 is 0 Å². The summed E-state index contributed by atoms with van der Waals surface area (Å²) in [7, 11) is 0. The topological polar surface area (TPSA) is 38.3 Å². The lowest BCUT2D eigenvalue weighted by Gasteiger charge is -2.19. The Labute approximate surface area is 48.0 Å². The van der Waals surface area contributed by atoms with E-state index in [0.29, 0.717) is 6.23 Å². The van der Waals surface area contributed by atoms with E-state index in [0.717, 1.165) is 6.42 Å². The van der Waals surface area contributed by atoms with E-state index in [1.54, 1.807) is 0 Å². The first-order valence-corrected chi connectivity index (χ1v) is 2.61. The Morgan fingerprint density at radius 3 is 3.00 bits per heavy atom. The Bertz CT molecular complexity index is 103. The predicted octanol–water partition coefficient (Wildman–Crippen LogP) is 0.0323. The van der Waals surface area contributed by atoms with Crippen molar-refractivity contribution in [1.29, 1.82) is 0 Å². The second-order valence-electron chi connectivity index (χ2n) is 1.61. The number of carbonyl (C=O) groups excluding carboxylic acids is 1. The summed E-state index contributed by atoms with van der Waals surface area (Å²) >= 11 is 0. The van der Waals surface area contributed by atoms with Gasteiger partial charge in [0.2, 0.25) is 5.91 Å². The third-order valence-electron chi connectivity index (χ3n) is 0.977. The minimum absolute atomic E-state index is 0.0400. The number of hydrogen-bond acceptors (Lipinski definition) is 2. The predicted molar refractivity (Wildman–Crippen MR) is 27.6 cm³/mol. The van der Waals surface area contributed by atoms with E-state index in [-0.39, 0.29) is 12.5 Å². The average Bonchev–Trinajstić information content (AvgIpc) is 2.14.